The molecule has 15 heavy (non-hydrogen) atoms. The van der Waals surface area contributed by atoms with Crippen LogP contribution in [0.2, 0.25) is 0 Å². The highest BCUT2D eigenvalue weighted by Crippen LogP contribution is 2.53. The summed E-state index contributed by atoms with van der Waals surface area (Å²) in [5.41, 5.74) is 7.86. The van der Waals surface area contributed by atoms with Gasteiger partial charge in [0.05, 0.1) is 0 Å². The Labute approximate surface area is 99.4 Å². The molecule has 0 spiro atoms. The summed E-state index contributed by atoms with van der Waals surface area (Å²) in [7, 11) is 1.99. The van der Waals surface area contributed by atoms with Crippen LogP contribution in [-0.2, 0) is 0 Å². The zero-order valence-corrected chi connectivity index (χ0v) is 10.5. The van der Waals surface area contributed by atoms with Gasteiger partial charge in [-0.2, -0.15) is 0 Å². The van der Waals surface area contributed by atoms with Crippen LogP contribution in [0.1, 0.15) is 24.4 Å². The SMILES string of the molecule is CNCC1(C(N)c2cccc(Br)c2)CC1. The second kappa shape index (κ2) is 4.24. The Hall–Kier alpha value is -0.380. The Morgan fingerprint density at radius 3 is 2.80 bits per heavy atom. The Balaban J connectivity index is 2.17. The summed E-state index contributed by atoms with van der Waals surface area (Å²) < 4.78 is 1.11. The second-order valence-corrected chi connectivity index (χ2v) is 5.34. The van der Waals surface area contributed by atoms with E-state index in [1.54, 1.807) is 0 Å². The maximum absolute atomic E-state index is 6.33. The van der Waals surface area contributed by atoms with E-state index in [9.17, 15) is 0 Å². The fourth-order valence-electron chi connectivity index (χ4n) is 2.16. The predicted octanol–water partition coefficient (Wildman–Crippen LogP) is 2.45. The summed E-state index contributed by atoms with van der Waals surface area (Å²) in [5, 5.41) is 3.24. The molecule has 0 heterocycles. The molecule has 0 aliphatic heterocycles. The first-order valence-electron chi connectivity index (χ1n) is 5.34. The fourth-order valence-corrected chi connectivity index (χ4v) is 2.58. The molecule has 2 rings (SSSR count). The molecule has 0 saturated heterocycles. The monoisotopic (exact) mass is 268 g/mol. The van der Waals surface area contributed by atoms with Crippen molar-refractivity contribution in [3.8, 4) is 0 Å². The first-order valence-corrected chi connectivity index (χ1v) is 6.13. The van der Waals surface area contributed by atoms with Crippen LogP contribution < -0.4 is 11.1 Å². The molecule has 1 aromatic rings. The third-order valence-electron chi connectivity index (χ3n) is 3.29. The quantitative estimate of drug-likeness (QED) is 0.881. The van der Waals surface area contributed by atoms with Gasteiger partial charge in [0.25, 0.3) is 0 Å². The van der Waals surface area contributed by atoms with Crippen molar-refractivity contribution in [3.63, 3.8) is 0 Å². The third kappa shape index (κ3) is 2.25. The normalized spacial score (nSPS) is 19.9. The van der Waals surface area contributed by atoms with Crippen molar-refractivity contribution in [1.29, 1.82) is 0 Å². The van der Waals surface area contributed by atoms with Crippen LogP contribution in [0.4, 0.5) is 0 Å². The van der Waals surface area contributed by atoms with Crippen LogP contribution in [0.25, 0.3) is 0 Å². The summed E-state index contributed by atoms with van der Waals surface area (Å²) in [6.45, 7) is 1.01. The highest BCUT2D eigenvalue weighted by atomic mass is 79.9. The predicted molar refractivity (Wildman–Crippen MR) is 66.7 cm³/mol. The van der Waals surface area contributed by atoms with Crippen LogP contribution in [0.3, 0.4) is 0 Å². The Morgan fingerprint density at radius 2 is 2.27 bits per heavy atom. The molecule has 82 valence electrons. The molecule has 1 unspecified atom stereocenters. The van der Waals surface area contributed by atoms with E-state index in [4.69, 9.17) is 5.73 Å². The lowest BCUT2D eigenvalue weighted by atomic mass is 9.91. The van der Waals surface area contributed by atoms with Crippen molar-refractivity contribution < 1.29 is 0 Å². The maximum Gasteiger partial charge on any atom is 0.0364 e. The zero-order valence-electron chi connectivity index (χ0n) is 8.96. The Kier molecular flexibility index (Phi) is 3.14. The van der Waals surface area contributed by atoms with Gasteiger partial charge in [-0.3, -0.25) is 0 Å². The number of hydrogen-bond acceptors (Lipinski definition) is 2. The molecular weight excluding hydrogens is 252 g/mol. The van der Waals surface area contributed by atoms with Crippen LogP contribution in [0.5, 0.6) is 0 Å². The molecule has 3 N–H and O–H groups in total. The van der Waals surface area contributed by atoms with Crippen LogP contribution >= 0.6 is 15.9 Å². The number of nitrogens with two attached hydrogens (primary N) is 1. The molecular formula is C12H17BrN2. The molecule has 0 bridgehead atoms. The first kappa shape index (κ1) is 11.1. The van der Waals surface area contributed by atoms with Crippen LogP contribution in [-0.4, -0.2) is 13.6 Å². The first-order chi connectivity index (χ1) is 7.18. The minimum absolute atomic E-state index is 0.155. The van der Waals surface area contributed by atoms with Crippen molar-refractivity contribution in [2.75, 3.05) is 13.6 Å². The van der Waals surface area contributed by atoms with E-state index < -0.39 is 0 Å². The Bertz CT molecular complexity index is 347. The van der Waals surface area contributed by atoms with E-state index in [0.717, 1.165) is 11.0 Å². The van der Waals surface area contributed by atoms with Gasteiger partial charge < -0.3 is 11.1 Å². The molecule has 1 fully saturated rings. The van der Waals surface area contributed by atoms with E-state index in [1.165, 1.54) is 18.4 Å². The molecule has 1 saturated carbocycles. The van der Waals surface area contributed by atoms with Crippen molar-refractivity contribution in [2.45, 2.75) is 18.9 Å². The summed E-state index contributed by atoms with van der Waals surface area (Å²) in [4.78, 5) is 0. The number of benzene rings is 1. The minimum atomic E-state index is 0.155. The highest BCUT2D eigenvalue weighted by Gasteiger charge is 2.47. The van der Waals surface area contributed by atoms with E-state index >= 15 is 0 Å². The molecule has 1 atom stereocenters. The van der Waals surface area contributed by atoms with Crippen molar-refractivity contribution in [2.24, 2.45) is 11.1 Å². The number of halogens is 1. The number of rotatable bonds is 4. The number of nitrogens with one attached hydrogen (secondary N) is 1. The molecule has 2 nitrogen and oxygen atoms in total. The van der Waals surface area contributed by atoms with Gasteiger partial charge in [-0.1, -0.05) is 28.1 Å². The molecule has 1 aliphatic rings. The lowest BCUT2D eigenvalue weighted by molar-refractivity contribution is 0.392. The van der Waals surface area contributed by atoms with Gasteiger partial charge in [0.1, 0.15) is 0 Å². The maximum atomic E-state index is 6.33. The number of hydrogen-bond donors (Lipinski definition) is 2. The summed E-state index contributed by atoms with van der Waals surface area (Å²) in [5.74, 6) is 0. The summed E-state index contributed by atoms with van der Waals surface area (Å²) >= 11 is 3.49. The average Bonchev–Trinajstić information content (AvgIpc) is 2.98. The van der Waals surface area contributed by atoms with Crippen molar-refractivity contribution in [1.82, 2.24) is 5.32 Å². The fraction of sp³-hybridized carbons (Fsp3) is 0.500. The van der Waals surface area contributed by atoms with Gasteiger partial charge in [-0.25, -0.2) is 0 Å². The third-order valence-corrected chi connectivity index (χ3v) is 3.78. The standard InChI is InChI=1S/C12H17BrN2/c1-15-8-12(5-6-12)11(14)9-3-2-4-10(13)7-9/h2-4,7,11,15H,5-6,8,14H2,1H3. The van der Waals surface area contributed by atoms with Gasteiger partial charge in [0.15, 0.2) is 0 Å². The smallest absolute Gasteiger partial charge is 0.0364 e. The van der Waals surface area contributed by atoms with Crippen molar-refractivity contribution >= 4 is 15.9 Å². The van der Waals surface area contributed by atoms with Gasteiger partial charge >= 0.3 is 0 Å². The van der Waals surface area contributed by atoms with E-state index in [2.05, 4.69) is 39.4 Å². The topological polar surface area (TPSA) is 38.0 Å². The zero-order chi connectivity index (χ0) is 10.9. The lowest BCUT2D eigenvalue weighted by Gasteiger charge is -2.23. The molecule has 1 aromatic carbocycles. The molecule has 0 amide bonds. The van der Waals surface area contributed by atoms with Gasteiger partial charge in [-0.05, 0) is 37.6 Å². The van der Waals surface area contributed by atoms with Gasteiger partial charge in [-0.15, -0.1) is 0 Å². The summed E-state index contributed by atoms with van der Waals surface area (Å²) in [6, 6.07) is 8.48. The molecule has 0 aromatic heterocycles. The second-order valence-electron chi connectivity index (χ2n) is 4.43. The molecule has 1 aliphatic carbocycles. The summed E-state index contributed by atoms with van der Waals surface area (Å²) in [6.07, 6.45) is 2.48. The van der Waals surface area contributed by atoms with Crippen LogP contribution in [0, 0.1) is 5.41 Å². The minimum Gasteiger partial charge on any atom is -0.323 e. The Morgan fingerprint density at radius 1 is 1.53 bits per heavy atom. The van der Waals surface area contributed by atoms with Crippen molar-refractivity contribution in [3.05, 3.63) is 34.3 Å². The van der Waals surface area contributed by atoms with E-state index in [1.807, 2.05) is 13.1 Å². The average molecular weight is 269 g/mol. The molecule has 3 heteroatoms. The highest BCUT2D eigenvalue weighted by molar-refractivity contribution is 9.10. The van der Waals surface area contributed by atoms with E-state index in [0.29, 0.717) is 5.41 Å². The van der Waals surface area contributed by atoms with Gasteiger partial charge in [0.2, 0.25) is 0 Å². The van der Waals surface area contributed by atoms with Gasteiger partial charge in [0, 0.05) is 22.5 Å². The lowest BCUT2D eigenvalue weighted by Crippen LogP contribution is -2.31. The molecule has 0 radical (unpaired) electrons. The van der Waals surface area contributed by atoms with Crippen LogP contribution in [0.15, 0.2) is 28.7 Å². The largest absolute Gasteiger partial charge is 0.323 e. The van der Waals surface area contributed by atoms with E-state index in [-0.39, 0.29) is 6.04 Å².